The minimum atomic E-state index is -4.04. The summed E-state index contributed by atoms with van der Waals surface area (Å²) in [5.74, 6) is -0.554. The zero-order valence-electron chi connectivity index (χ0n) is 11.0. The fraction of sp³-hybridized carbons (Fsp3) is 0.0714. The summed E-state index contributed by atoms with van der Waals surface area (Å²) in [7, 11) is -4.04. The molecule has 0 spiro atoms. The van der Waals surface area contributed by atoms with Gasteiger partial charge in [-0.15, -0.1) is 0 Å². The number of rotatable bonds is 5. The van der Waals surface area contributed by atoms with Crippen molar-refractivity contribution in [1.29, 1.82) is 0 Å². The second-order valence-corrected chi connectivity index (χ2v) is 7.50. The van der Waals surface area contributed by atoms with E-state index in [9.17, 15) is 17.6 Å². The Morgan fingerprint density at radius 2 is 1.82 bits per heavy atom. The lowest BCUT2D eigenvalue weighted by Gasteiger charge is -2.23. The van der Waals surface area contributed by atoms with Crippen molar-refractivity contribution in [3.63, 3.8) is 0 Å². The molecule has 0 radical (unpaired) electrons. The van der Waals surface area contributed by atoms with Crippen LogP contribution in [0.15, 0.2) is 57.9 Å². The summed E-state index contributed by atoms with van der Waals surface area (Å²) < 4.78 is 39.8. The topological polar surface area (TPSA) is 54.5 Å². The Labute approximate surface area is 140 Å². The quantitative estimate of drug-likeness (QED) is 0.714. The Morgan fingerprint density at radius 1 is 1.18 bits per heavy atom. The number of hydrogen-bond acceptors (Lipinski definition) is 3. The highest BCUT2D eigenvalue weighted by Gasteiger charge is 2.26. The Bertz CT molecular complexity index is 796. The smallest absolute Gasteiger partial charge is 0.264 e. The van der Waals surface area contributed by atoms with Gasteiger partial charge < -0.3 is 0 Å². The van der Waals surface area contributed by atoms with E-state index in [1.807, 2.05) is 0 Å². The molecule has 0 saturated carbocycles. The van der Waals surface area contributed by atoms with Crippen LogP contribution in [0.4, 0.5) is 10.1 Å². The van der Waals surface area contributed by atoms with Gasteiger partial charge in [-0.25, -0.2) is 12.8 Å². The molecule has 0 unspecified atom stereocenters. The van der Waals surface area contributed by atoms with Gasteiger partial charge in [0.1, 0.15) is 12.4 Å². The summed E-state index contributed by atoms with van der Waals surface area (Å²) in [4.78, 5) is 11.1. The highest BCUT2D eigenvalue weighted by Crippen LogP contribution is 2.26. The molecule has 0 aliphatic rings. The Kier molecular flexibility index (Phi) is 5.20. The molecule has 8 heteroatoms. The van der Waals surface area contributed by atoms with Crippen LogP contribution in [0.25, 0.3) is 0 Å². The van der Waals surface area contributed by atoms with Crippen LogP contribution in [0.2, 0.25) is 0 Å². The van der Waals surface area contributed by atoms with Crippen molar-refractivity contribution in [3.8, 4) is 0 Å². The maximum atomic E-state index is 13.0. The second kappa shape index (κ2) is 6.76. The van der Waals surface area contributed by atoms with Gasteiger partial charge in [0, 0.05) is 4.47 Å². The van der Waals surface area contributed by atoms with Crippen molar-refractivity contribution < 1.29 is 17.6 Å². The van der Waals surface area contributed by atoms with Gasteiger partial charge in [-0.1, -0.05) is 22.0 Å². The van der Waals surface area contributed by atoms with Crippen molar-refractivity contribution in [3.05, 3.63) is 58.8 Å². The molecular formula is C14H10BrClFNO3S. The van der Waals surface area contributed by atoms with Crippen LogP contribution in [0.5, 0.6) is 0 Å². The lowest BCUT2D eigenvalue weighted by Crippen LogP contribution is -2.34. The van der Waals surface area contributed by atoms with E-state index in [0.717, 1.165) is 28.6 Å². The van der Waals surface area contributed by atoms with Gasteiger partial charge in [-0.3, -0.25) is 9.10 Å². The van der Waals surface area contributed by atoms with Gasteiger partial charge in [0.2, 0.25) is 5.24 Å². The number of carbonyl (C=O) groups is 1. The molecule has 0 N–H and O–H groups in total. The minimum absolute atomic E-state index is 0.133. The number of anilines is 1. The minimum Gasteiger partial charge on any atom is -0.279 e. The van der Waals surface area contributed by atoms with Gasteiger partial charge in [0.25, 0.3) is 10.0 Å². The van der Waals surface area contributed by atoms with Crippen molar-refractivity contribution >= 4 is 48.5 Å². The molecule has 116 valence electrons. The SMILES string of the molecule is O=C(Cl)CN(c1cccc(Br)c1)S(=O)(=O)c1ccc(F)cc1. The molecule has 4 nitrogen and oxygen atoms in total. The van der Waals surface area contributed by atoms with Crippen LogP contribution >= 0.6 is 27.5 Å². The van der Waals surface area contributed by atoms with E-state index >= 15 is 0 Å². The van der Waals surface area contributed by atoms with Crippen LogP contribution in [-0.2, 0) is 14.8 Å². The molecule has 0 aliphatic carbocycles. The van der Waals surface area contributed by atoms with E-state index in [1.165, 1.54) is 6.07 Å². The van der Waals surface area contributed by atoms with Crippen LogP contribution in [0.3, 0.4) is 0 Å². The third-order valence-electron chi connectivity index (χ3n) is 2.77. The highest BCUT2D eigenvalue weighted by atomic mass is 79.9. The van der Waals surface area contributed by atoms with Crippen LogP contribution in [0.1, 0.15) is 0 Å². The number of hydrogen-bond donors (Lipinski definition) is 0. The van der Waals surface area contributed by atoms with Crippen molar-refractivity contribution in [2.45, 2.75) is 4.90 Å². The highest BCUT2D eigenvalue weighted by molar-refractivity contribution is 9.10. The van der Waals surface area contributed by atoms with Gasteiger partial charge in [-0.05, 0) is 54.1 Å². The van der Waals surface area contributed by atoms with Crippen molar-refractivity contribution in [2.75, 3.05) is 10.8 Å². The number of carbonyl (C=O) groups excluding carboxylic acids is 1. The van der Waals surface area contributed by atoms with Gasteiger partial charge >= 0.3 is 0 Å². The molecule has 0 fully saturated rings. The maximum Gasteiger partial charge on any atom is 0.264 e. The standard InChI is InChI=1S/C14H10BrClFNO3S/c15-10-2-1-3-12(8-10)18(9-14(16)19)22(20,21)13-6-4-11(17)5-7-13/h1-8H,9H2. The maximum absolute atomic E-state index is 13.0. The summed E-state index contributed by atoms with van der Waals surface area (Å²) in [6.07, 6.45) is 0. The molecule has 2 aromatic carbocycles. The molecule has 0 amide bonds. The van der Waals surface area contributed by atoms with E-state index < -0.39 is 27.6 Å². The predicted molar refractivity (Wildman–Crippen MR) is 85.9 cm³/mol. The molecule has 0 atom stereocenters. The monoisotopic (exact) mass is 405 g/mol. The first-order valence-electron chi connectivity index (χ1n) is 6.03. The van der Waals surface area contributed by atoms with E-state index in [1.54, 1.807) is 18.2 Å². The summed E-state index contributed by atoms with van der Waals surface area (Å²) >= 11 is 8.60. The predicted octanol–water partition coefficient (Wildman–Crippen LogP) is 3.55. The molecule has 0 saturated heterocycles. The summed E-state index contributed by atoms with van der Waals surface area (Å²) in [6, 6.07) is 10.8. The number of sulfonamides is 1. The molecule has 0 aliphatic heterocycles. The largest absolute Gasteiger partial charge is 0.279 e. The number of halogens is 3. The van der Waals surface area contributed by atoms with E-state index in [4.69, 9.17) is 11.6 Å². The van der Waals surface area contributed by atoms with Crippen molar-refractivity contribution in [1.82, 2.24) is 0 Å². The first kappa shape index (κ1) is 16.9. The zero-order valence-corrected chi connectivity index (χ0v) is 14.2. The Hall–Kier alpha value is -1.44. The van der Waals surface area contributed by atoms with Gasteiger partial charge in [0.15, 0.2) is 0 Å². The third-order valence-corrected chi connectivity index (χ3v) is 5.17. The first-order chi connectivity index (χ1) is 10.3. The normalized spacial score (nSPS) is 11.2. The lowest BCUT2D eigenvalue weighted by molar-refractivity contribution is -0.110. The van der Waals surface area contributed by atoms with E-state index in [2.05, 4.69) is 15.9 Å². The first-order valence-corrected chi connectivity index (χ1v) is 8.64. The summed E-state index contributed by atoms with van der Waals surface area (Å²) in [6.45, 7) is -0.530. The van der Waals surface area contributed by atoms with E-state index in [-0.39, 0.29) is 10.6 Å². The zero-order chi connectivity index (χ0) is 16.3. The summed E-state index contributed by atoms with van der Waals surface area (Å²) in [5.41, 5.74) is 0.271. The third kappa shape index (κ3) is 3.85. The van der Waals surface area contributed by atoms with Crippen LogP contribution in [0, 0.1) is 5.82 Å². The van der Waals surface area contributed by atoms with Crippen molar-refractivity contribution in [2.24, 2.45) is 0 Å². The molecule has 0 bridgehead atoms. The molecule has 2 aromatic rings. The molecule has 2 rings (SSSR count). The lowest BCUT2D eigenvalue weighted by atomic mass is 10.3. The molecule has 22 heavy (non-hydrogen) atoms. The summed E-state index contributed by atoms with van der Waals surface area (Å²) in [5, 5.41) is -0.828. The van der Waals surface area contributed by atoms with Gasteiger partial charge in [0.05, 0.1) is 10.6 Å². The molecule has 0 aromatic heterocycles. The van der Waals surface area contributed by atoms with Crippen LogP contribution < -0.4 is 4.31 Å². The van der Waals surface area contributed by atoms with Gasteiger partial charge in [-0.2, -0.15) is 0 Å². The molecule has 0 heterocycles. The van der Waals surface area contributed by atoms with E-state index in [0.29, 0.717) is 4.47 Å². The number of benzene rings is 2. The van der Waals surface area contributed by atoms with Crippen LogP contribution in [-0.4, -0.2) is 20.2 Å². The second-order valence-electron chi connectivity index (χ2n) is 4.30. The fourth-order valence-electron chi connectivity index (χ4n) is 1.79. The molecular weight excluding hydrogens is 397 g/mol. The Balaban J connectivity index is 2.53. The number of nitrogens with zero attached hydrogens (tertiary/aromatic N) is 1. The Morgan fingerprint density at radius 3 is 2.36 bits per heavy atom. The average Bonchev–Trinajstić information content (AvgIpc) is 2.45. The fourth-order valence-corrected chi connectivity index (χ4v) is 3.78. The average molecular weight is 407 g/mol.